The predicted octanol–water partition coefficient (Wildman–Crippen LogP) is 3.11. The van der Waals surface area contributed by atoms with E-state index in [1.165, 1.54) is 32.1 Å². The van der Waals surface area contributed by atoms with Crippen LogP contribution in [0.2, 0.25) is 0 Å². The van der Waals surface area contributed by atoms with Crippen molar-refractivity contribution in [1.29, 1.82) is 0 Å². The molecule has 2 aliphatic rings. The van der Waals surface area contributed by atoms with E-state index in [-0.39, 0.29) is 18.3 Å². The van der Waals surface area contributed by atoms with E-state index in [0.29, 0.717) is 11.3 Å². The van der Waals surface area contributed by atoms with E-state index in [0.717, 1.165) is 32.5 Å². The lowest BCUT2D eigenvalue weighted by molar-refractivity contribution is -0.132. The first-order chi connectivity index (χ1) is 11.6. The first-order valence-corrected chi connectivity index (χ1v) is 9.56. The number of carbonyl (C=O) groups is 1. The molecule has 0 spiro atoms. The van der Waals surface area contributed by atoms with Crippen LogP contribution < -0.4 is 10.6 Å². The molecule has 142 valence electrons. The molecule has 6 heteroatoms. The van der Waals surface area contributed by atoms with Gasteiger partial charge < -0.3 is 10.6 Å². The first kappa shape index (κ1) is 20.2. The molecule has 0 aromatic carbocycles. The molecular weight excluding hydrogens is 336 g/mol. The standard InChI is InChI=1S/C19H32N4O.ClH/c1-16(2)14-18(6-3-4-7-18)15-21-17(24)19(8-11-20-12-9-19)23-13-5-10-22-23;/h5,10,13,16,20H,3-4,6-9,11-12,14-15H2,1-2H3,(H,21,24);1H. The summed E-state index contributed by atoms with van der Waals surface area (Å²) in [5.41, 5.74) is -0.214. The van der Waals surface area contributed by atoms with Crippen LogP contribution in [0.5, 0.6) is 0 Å². The molecule has 0 atom stereocenters. The molecule has 2 fully saturated rings. The van der Waals surface area contributed by atoms with Gasteiger partial charge in [-0.1, -0.05) is 26.7 Å². The van der Waals surface area contributed by atoms with Crippen LogP contribution in [0, 0.1) is 11.3 Å². The minimum absolute atomic E-state index is 0. The van der Waals surface area contributed by atoms with E-state index in [4.69, 9.17) is 0 Å². The molecule has 2 N–H and O–H groups in total. The number of carbonyl (C=O) groups excluding carboxylic acids is 1. The quantitative estimate of drug-likeness (QED) is 0.811. The largest absolute Gasteiger partial charge is 0.353 e. The summed E-state index contributed by atoms with van der Waals surface area (Å²) in [5.74, 6) is 0.835. The maximum absolute atomic E-state index is 13.2. The summed E-state index contributed by atoms with van der Waals surface area (Å²) in [6.07, 6.45) is 11.6. The molecule has 1 aromatic rings. The summed E-state index contributed by atoms with van der Waals surface area (Å²) >= 11 is 0. The van der Waals surface area contributed by atoms with Gasteiger partial charge in [-0.05, 0) is 62.6 Å². The van der Waals surface area contributed by atoms with Crippen LogP contribution >= 0.6 is 12.4 Å². The van der Waals surface area contributed by atoms with E-state index in [2.05, 4.69) is 29.6 Å². The number of piperidine rings is 1. The highest BCUT2D eigenvalue weighted by Gasteiger charge is 2.43. The highest BCUT2D eigenvalue weighted by Crippen LogP contribution is 2.42. The highest BCUT2D eigenvalue weighted by molar-refractivity contribution is 5.85. The second-order valence-corrected chi connectivity index (χ2v) is 8.22. The van der Waals surface area contributed by atoms with Gasteiger partial charge in [-0.2, -0.15) is 5.10 Å². The number of halogens is 1. The van der Waals surface area contributed by atoms with Gasteiger partial charge in [-0.3, -0.25) is 9.48 Å². The minimum atomic E-state index is -0.521. The summed E-state index contributed by atoms with van der Waals surface area (Å²) in [6, 6.07) is 1.91. The Balaban J connectivity index is 0.00000225. The van der Waals surface area contributed by atoms with Crippen molar-refractivity contribution in [3.05, 3.63) is 18.5 Å². The lowest BCUT2D eigenvalue weighted by Gasteiger charge is -2.38. The van der Waals surface area contributed by atoms with Gasteiger partial charge in [-0.15, -0.1) is 12.4 Å². The molecule has 1 aliphatic carbocycles. The highest BCUT2D eigenvalue weighted by atomic mass is 35.5. The lowest BCUT2D eigenvalue weighted by Crippen LogP contribution is -2.55. The van der Waals surface area contributed by atoms with E-state index in [9.17, 15) is 4.79 Å². The van der Waals surface area contributed by atoms with Crippen molar-refractivity contribution in [2.45, 2.75) is 64.3 Å². The maximum Gasteiger partial charge on any atom is 0.248 e. The Bertz CT molecular complexity index is 532. The number of amides is 1. The summed E-state index contributed by atoms with van der Waals surface area (Å²) in [5, 5.41) is 11.1. The molecule has 0 bridgehead atoms. The Labute approximate surface area is 157 Å². The van der Waals surface area contributed by atoms with E-state index in [1.54, 1.807) is 6.20 Å². The van der Waals surface area contributed by atoms with Gasteiger partial charge in [-0.25, -0.2) is 0 Å². The first-order valence-electron chi connectivity index (χ1n) is 9.56. The average molecular weight is 369 g/mol. The van der Waals surface area contributed by atoms with Crippen LogP contribution in [0.15, 0.2) is 18.5 Å². The zero-order chi connectivity index (χ0) is 17.0. The topological polar surface area (TPSA) is 59.0 Å². The van der Waals surface area contributed by atoms with Gasteiger partial charge in [0.05, 0.1) is 0 Å². The molecule has 1 saturated heterocycles. The monoisotopic (exact) mass is 368 g/mol. The van der Waals surface area contributed by atoms with Crippen molar-refractivity contribution in [3.8, 4) is 0 Å². The second-order valence-electron chi connectivity index (χ2n) is 8.22. The molecule has 1 aromatic heterocycles. The van der Waals surface area contributed by atoms with E-state index in [1.807, 2.05) is 16.9 Å². The molecule has 0 unspecified atom stereocenters. The van der Waals surface area contributed by atoms with Crippen molar-refractivity contribution < 1.29 is 4.79 Å². The SMILES string of the molecule is CC(C)CC1(CNC(=O)C2(n3cccn3)CCNCC2)CCCC1.Cl. The van der Waals surface area contributed by atoms with Crippen molar-refractivity contribution >= 4 is 18.3 Å². The molecule has 25 heavy (non-hydrogen) atoms. The summed E-state index contributed by atoms with van der Waals surface area (Å²) in [6.45, 7) is 7.13. The number of hydrogen-bond donors (Lipinski definition) is 2. The molecule has 1 amide bonds. The Kier molecular flexibility index (Phi) is 6.92. The number of nitrogens with one attached hydrogen (secondary N) is 2. The third kappa shape index (κ3) is 4.37. The zero-order valence-electron chi connectivity index (χ0n) is 15.6. The molecule has 1 saturated carbocycles. The molecule has 1 aliphatic heterocycles. The van der Waals surface area contributed by atoms with Gasteiger partial charge >= 0.3 is 0 Å². The van der Waals surface area contributed by atoms with Crippen LogP contribution in [0.25, 0.3) is 0 Å². The van der Waals surface area contributed by atoms with Crippen molar-refractivity contribution in [2.24, 2.45) is 11.3 Å². The smallest absolute Gasteiger partial charge is 0.248 e. The molecule has 3 rings (SSSR count). The average Bonchev–Trinajstić information content (AvgIpc) is 3.25. The normalized spacial score (nSPS) is 21.7. The van der Waals surface area contributed by atoms with E-state index >= 15 is 0 Å². The fourth-order valence-electron chi connectivity index (χ4n) is 4.80. The summed E-state index contributed by atoms with van der Waals surface area (Å²) in [4.78, 5) is 13.2. The Morgan fingerprint density at radius 3 is 2.48 bits per heavy atom. The third-order valence-corrected chi connectivity index (χ3v) is 5.93. The van der Waals surface area contributed by atoms with Gasteiger partial charge in [0.15, 0.2) is 0 Å². The van der Waals surface area contributed by atoms with Crippen LogP contribution in [-0.4, -0.2) is 35.3 Å². The van der Waals surface area contributed by atoms with Crippen molar-refractivity contribution in [2.75, 3.05) is 19.6 Å². The summed E-state index contributed by atoms with van der Waals surface area (Å²) < 4.78 is 1.88. The van der Waals surface area contributed by atoms with Crippen LogP contribution in [-0.2, 0) is 10.3 Å². The fraction of sp³-hybridized carbons (Fsp3) is 0.789. The van der Waals surface area contributed by atoms with Gasteiger partial charge in [0, 0.05) is 18.9 Å². The van der Waals surface area contributed by atoms with Gasteiger partial charge in [0.2, 0.25) is 5.91 Å². The number of rotatable bonds is 6. The number of nitrogens with zero attached hydrogens (tertiary/aromatic N) is 2. The fourth-order valence-corrected chi connectivity index (χ4v) is 4.80. The van der Waals surface area contributed by atoms with Crippen LogP contribution in [0.1, 0.15) is 58.8 Å². The Morgan fingerprint density at radius 2 is 1.92 bits per heavy atom. The third-order valence-electron chi connectivity index (χ3n) is 5.93. The maximum atomic E-state index is 13.2. The molecular formula is C19H33ClN4O. The van der Waals surface area contributed by atoms with E-state index < -0.39 is 5.54 Å². The molecule has 2 heterocycles. The van der Waals surface area contributed by atoms with Crippen molar-refractivity contribution in [3.63, 3.8) is 0 Å². The Morgan fingerprint density at radius 1 is 1.24 bits per heavy atom. The summed E-state index contributed by atoms with van der Waals surface area (Å²) in [7, 11) is 0. The minimum Gasteiger partial charge on any atom is -0.353 e. The molecule has 5 nitrogen and oxygen atoms in total. The number of hydrogen-bond acceptors (Lipinski definition) is 3. The number of aromatic nitrogens is 2. The second kappa shape index (κ2) is 8.54. The van der Waals surface area contributed by atoms with Crippen LogP contribution in [0.3, 0.4) is 0 Å². The Hall–Kier alpha value is -1.07. The van der Waals surface area contributed by atoms with Gasteiger partial charge in [0.1, 0.15) is 5.54 Å². The predicted molar refractivity (Wildman–Crippen MR) is 103 cm³/mol. The lowest BCUT2D eigenvalue weighted by atomic mass is 9.78. The molecule has 0 radical (unpaired) electrons. The van der Waals surface area contributed by atoms with Gasteiger partial charge in [0.25, 0.3) is 0 Å². The van der Waals surface area contributed by atoms with Crippen molar-refractivity contribution in [1.82, 2.24) is 20.4 Å². The van der Waals surface area contributed by atoms with Crippen LogP contribution in [0.4, 0.5) is 0 Å². The zero-order valence-corrected chi connectivity index (χ0v) is 16.4.